The molecule has 0 saturated carbocycles. The highest BCUT2D eigenvalue weighted by molar-refractivity contribution is 4.90. The predicted molar refractivity (Wildman–Crippen MR) is 37.4 cm³/mol. The molecule has 0 radical (unpaired) electrons. The minimum absolute atomic E-state index is 0.410. The summed E-state index contributed by atoms with van der Waals surface area (Å²) in [5.74, 6) is 3.06. The average molecular weight is 108 g/mol. The van der Waals surface area contributed by atoms with Crippen molar-refractivity contribution in [3.63, 3.8) is 0 Å². The number of allylic oxidation sites excluding steroid dienone is 1. The molecule has 0 aromatic carbocycles. The van der Waals surface area contributed by atoms with Gasteiger partial charge >= 0.3 is 0 Å². The first kappa shape index (κ1) is 7.30. The maximum atomic E-state index is 5.13. The van der Waals surface area contributed by atoms with Crippen molar-refractivity contribution < 1.29 is 0 Å². The monoisotopic (exact) mass is 108 g/mol. The molecule has 1 unspecified atom stereocenters. The number of terminal acetylenes is 1. The third kappa shape index (κ3) is 3.49. The van der Waals surface area contributed by atoms with E-state index < -0.39 is 0 Å². The molecule has 0 aromatic rings. The second-order valence-corrected chi connectivity index (χ2v) is 1.93. The summed E-state index contributed by atoms with van der Waals surface area (Å²) in [6, 6.07) is 0. The first-order valence-corrected chi connectivity index (χ1v) is 2.88. The molecule has 0 nitrogen and oxygen atoms in total. The maximum absolute atomic E-state index is 5.13. The average Bonchev–Trinajstić information content (AvgIpc) is 1.83. The third-order valence-corrected chi connectivity index (χ3v) is 1.09. The van der Waals surface area contributed by atoms with Gasteiger partial charge in [-0.2, -0.15) is 0 Å². The van der Waals surface area contributed by atoms with Gasteiger partial charge in [0.15, 0.2) is 0 Å². The van der Waals surface area contributed by atoms with Crippen molar-refractivity contribution in [3.8, 4) is 12.3 Å². The van der Waals surface area contributed by atoms with Crippen LogP contribution in [0.2, 0.25) is 0 Å². The normalized spacial score (nSPS) is 12.0. The summed E-state index contributed by atoms with van der Waals surface area (Å²) in [6.45, 7) is 5.64. The summed E-state index contributed by atoms with van der Waals surface area (Å²) in [5.41, 5.74) is 0. The van der Waals surface area contributed by atoms with Gasteiger partial charge in [0.25, 0.3) is 0 Å². The van der Waals surface area contributed by atoms with E-state index in [1.165, 1.54) is 0 Å². The highest BCUT2D eigenvalue weighted by Crippen LogP contribution is 2.02. The molecule has 0 fully saturated rings. The Hall–Kier alpha value is -0.700. The van der Waals surface area contributed by atoms with Crippen LogP contribution in [-0.4, -0.2) is 0 Å². The van der Waals surface area contributed by atoms with E-state index in [4.69, 9.17) is 6.42 Å². The molecule has 0 heteroatoms. The lowest BCUT2D eigenvalue weighted by Gasteiger charge is -1.96. The van der Waals surface area contributed by atoms with Gasteiger partial charge in [-0.1, -0.05) is 13.0 Å². The molecule has 0 aliphatic rings. The van der Waals surface area contributed by atoms with Crippen LogP contribution in [0, 0.1) is 18.3 Å². The van der Waals surface area contributed by atoms with Crippen LogP contribution in [0.5, 0.6) is 0 Å². The molecule has 0 aliphatic carbocycles. The molecule has 0 rings (SSSR count). The molecule has 0 amide bonds. The summed E-state index contributed by atoms with van der Waals surface area (Å²) in [6.07, 6.45) is 9.13. The number of rotatable bonds is 3. The van der Waals surface area contributed by atoms with Crippen molar-refractivity contribution in [1.82, 2.24) is 0 Å². The fraction of sp³-hybridized carbons (Fsp3) is 0.500. The minimum Gasteiger partial charge on any atom is -0.120 e. The summed E-state index contributed by atoms with van der Waals surface area (Å²) in [5, 5.41) is 0. The lowest BCUT2D eigenvalue weighted by molar-refractivity contribution is 0.680. The SMILES string of the molecule is C#CC(C)CCC=C. The van der Waals surface area contributed by atoms with Gasteiger partial charge in [0.05, 0.1) is 0 Å². The van der Waals surface area contributed by atoms with Crippen LogP contribution in [0.3, 0.4) is 0 Å². The van der Waals surface area contributed by atoms with Crippen LogP contribution in [0.1, 0.15) is 19.8 Å². The van der Waals surface area contributed by atoms with E-state index in [1.54, 1.807) is 0 Å². The van der Waals surface area contributed by atoms with Crippen molar-refractivity contribution >= 4 is 0 Å². The van der Waals surface area contributed by atoms with Gasteiger partial charge in [0, 0.05) is 5.92 Å². The molecule has 0 saturated heterocycles. The second-order valence-electron chi connectivity index (χ2n) is 1.93. The van der Waals surface area contributed by atoms with Crippen LogP contribution in [0.25, 0.3) is 0 Å². The zero-order valence-corrected chi connectivity index (χ0v) is 5.35. The Balaban J connectivity index is 3.14. The highest BCUT2D eigenvalue weighted by atomic mass is 13.9. The molecule has 1 atom stereocenters. The van der Waals surface area contributed by atoms with Gasteiger partial charge in [-0.05, 0) is 12.8 Å². The fourth-order valence-electron chi connectivity index (χ4n) is 0.451. The molecule has 0 bridgehead atoms. The van der Waals surface area contributed by atoms with E-state index in [0.717, 1.165) is 12.8 Å². The Morgan fingerprint density at radius 1 is 1.88 bits per heavy atom. The van der Waals surface area contributed by atoms with Crippen LogP contribution >= 0.6 is 0 Å². The molecule has 0 aliphatic heterocycles. The van der Waals surface area contributed by atoms with E-state index in [9.17, 15) is 0 Å². The van der Waals surface area contributed by atoms with Gasteiger partial charge in [-0.15, -0.1) is 18.9 Å². The van der Waals surface area contributed by atoms with Gasteiger partial charge in [0.2, 0.25) is 0 Å². The van der Waals surface area contributed by atoms with Gasteiger partial charge in [0.1, 0.15) is 0 Å². The van der Waals surface area contributed by atoms with Crippen LogP contribution < -0.4 is 0 Å². The first-order valence-electron chi connectivity index (χ1n) is 2.88. The summed E-state index contributed by atoms with van der Waals surface area (Å²) in [4.78, 5) is 0. The van der Waals surface area contributed by atoms with E-state index in [-0.39, 0.29) is 0 Å². The van der Waals surface area contributed by atoms with Crippen LogP contribution in [0.15, 0.2) is 12.7 Å². The topological polar surface area (TPSA) is 0 Å². The van der Waals surface area contributed by atoms with Crippen molar-refractivity contribution in [2.75, 3.05) is 0 Å². The van der Waals surface area contributed by atoms with Crippen molar-refractivity contribution in [2.24, 2.45) is 5.92 Å². The fourth-order valence-corrected chi connectivity index (χ4v) is 0.451. The standard InChI is InChI=1S/C8H12/c1-4-6-7-8(3)5-2/h2,4,8H,1,6-7H2,3H3. The lowest BCUT2D eigenvalue weighted by Crippen LogP contribution is -1.86. The molecular formula is C8H12. The van der Waals surface area contributed by atoms with Crippen molar-refractivity contribution in [2.45, 2.75) is 19.8 Å². The van der Waals surface area contributed by atoms with Gasteiger partial charge in [-0.3, -0.25) is 0 Å². The van der Waals surface area contributed by atoms with Crippen LogP contribution in [-0.2, 0) is 0 Å². The second kappa shape index (κ2) is 4.46. The third-order valence-electron chi connectivity index (χ3n) is 1.09. The minimum atomic E-state index is 0.410. The molecule has 44 valence electrons. The van der Waals surface area contributed by atoms with E-state index >= 15 is 0 Å². The Bertz CT molecular complexity index is 95.1. The smallest absolute Gasteiger partial charge is 0.0174 e. The van der Waals surface area contributed by atoms with Gasteiger partial charge in [-0.25, -0.2) is 0 Å². The van der Waals surface area contributed by atoms with E-state index in [1.807, 2.05) is 13.0 Å². The molecular weight excluding hydrogens is 96.1 g/mol. The van der Waals surface area contributed by atoms with Crippen molar-refractivity contribution in [3.05, 3.63) is 12.7 Å². The summed E-state index contributed by atoms with van der Waals surface area (Å²) < 4.78 is 0. The van der Waals surface area contributed by atoms with Crippen LogP contribution in [0.4, 0.5) is 0 Å². The van der Waals surface area contributed by atoms with Crippen molar-refractivity contribution in [1.29, 1.82) is 0 Å². The summed E-state index contributed by atoms with van der Waals surface area (Å²) >= 11 is 0. The quantitative estimate of drug-likeness (QED) is 0.384. The number of hydrogen-bond acceptors (Lipinski definition) is 0. The first-order chi connectivity index (χ1) is 3.81. The Morgan fingerprint density at radius 2 is 2.50 bits per heavy atom. The van der Waals surface area contributed by atoms with E-state index in [0.29, 0.717) is 5.92 Å². The molecule has 8 heavy (non-hydrogen) atoms. The molecule has 0 spiro atoms. The van der Waals surface area contributed by atoms with Gasteiger partial charge < -0.3 is 0 Å². The maximum Gasteiger partial charge on any atom is 0.0174 e. The Kier molecular flexibility index (Phi) is 4.07. The number of hydrogen-bond donors (Lipinski definition) is 0. The zero-order chi connectivity index (χ0) is 6.41. The molecule has 0 heterocycles. The largest absolute Gasteiger partial charge is 0.120 e. The zero-order valence-electron chi connectivity index (χ0n) is 5.35. The lowest BCUT2D eigenvalue weighted by atomic mass is 10.1. The Morgan fingerprint density at radius 3 is 2.88 bits per heavy atom. The molecule has 0 aromatic heterocycles. The molecule has 0 N–H and O–H groups in total. The summed E-state index contributed by atoms with van der Waals surface area (Å²) in [7, 11) is 0. The highest BCUT2D eigenvalue weighted by Gasteiger charge is 1.91. The predicted octanol–water partition coefficient (Wildman–Crippen LogP) is 2.22. The Labute approximate surface area is 51.6 Å². The van der Waals surface area contributed by atoms with E-state index in [2.05, 4.69) is 12.5 Å².